The monoisotopic (exact) mass is 580 g/mol. The van der Waals surface area contributed by atoms with Crippen molar-refractivity contribution in [1.29, 1.82) is 0 Å². The van der Waals surface area contributed by atoms with Crippen LogP contribution in [0, 0.1) is 7.14 Å². The molecule has 0 aromatic heterocycles. The molecule has 0 saturated heterocycles. The van der Waals surface area contributed by atoms with E-state index in [1.807, 2.05) is 31.2 Å². The maximum atomic E-state index is 11.9. The highest BCUT2D eigenvalue weighted by molar-refractivity contribution is 14.1. The Labute approximate surface area is 179 Å². The maximum Gasteiger partial charge on any atom is 0.277 e. The van der Waals surface area contributed by atoms with Gasteiger partial charge in [-0.3, -0.25) is 4.79 Å². The van der Waals surface area contributed by atoms with Gasteiger partial charge in [-0.05, 0) is 76.4 Å². The van der Waals surface area contributed by atoms with Crippen molar-refractivity contribution in [3.63, 3.8) is 0 Å². The summed E-state index contributed by atoms with van der Waals surface area (Å²) in [5.74, 6) is 1.46. The molecule has 2 aromatic carbocycles. The van der Waals surface area contributed by atoms with Gasteiger partial charge in [0.15, 0.2) is 18.1 Å². The third-order valence-electron chi connectivity index (χ3n) is 3.14. The summed E-state index contributed by atoms with van der Waals surface area (Å²) in [5.41, 5.74) is 3.23. The number of nitrogens with zero attached hydrogens (tertiary/aromatic N) is 1. The number of para-hydroxylation sites is 2. The van der Waals surface area contributed by atoms with Crippen LogP contribution in [0.5, 0.6) is 17.2 Å². The minimum Gasteiger partial charge on any atom is -0.495 e. The fraction of sp³-hybridized carbons (Fsp3) is 0.222. The average Bonchev–Trinajstić information content (AvgIpc) is 2.61. The van der Waals surface area contributed by atoms with E-state index in [4.69, 9.17) is 14.2 Å². The van der Waals surface area contributed by atoms with Crippen LogP contribution < -0.4 is 19.6 Å². The Morgan fingerprint density at radius 2 is 1.88 bits per heavy atom. The van der Waals surface area contributed by atoms with Crippen LogP contribution in [-0.4, -0.2) is 32.4 Å². The molecule has 0 saturated carbocycles. The minimum absolute atomic E-state index is 0.164. The van der Waals surface area contributed by atoms with Gasteiger partial charge in [0, 0.05) is 9.13 Å². The summed E-state index contributed by atoms with van der Waals surface area (Å²) in [6.45, 7) is 2.24. The molecule has 6 nitrogen and oxygen atoms in total. The zero-order valence-corrected chi connectivity index (χ0v) is 18.6. The Balaban J connectivity index is 1.94. The summed E-state index contributed by atoms with van der Waals surface area (Å²) in [6.07, 6.45) is 1.55. The Morgan fingerprint density at radius 3 is 2.54 bits per heavy atom. The van der Waals surface area contributed by atoms with E-state index in [9.17, 15) is 4.79 Å². The molecule has 0 fully saturated rings. The van der Waals surface area contributed by atoms with Gasteiger partial charge in [-0.2, -0.15) is 5.10 Å². The van der Waals surface area contributed by atoms with Crippen LogP contribution >= 0.6 is 45.2 Å². The van der Waals surface area contributed by atoms with Crippen LogP contribution in [0.1, 0.15) is 12.5 Å². The SMILES string of the molecule is CCOc1ccccc1OCC(=O)NN=Cc1cc(I)cc(I)c1OC. The van der Waals surface area contributed by atoms with E-state index < -0.39 is 0 Å². The first-order valence-electron chi connectivity index (χ1n) is 7.74. The molecule has 0 atom stereocenters. The van der Waals surface area contributed by atoms with Gasteiger partial charge in [0.1, 0.15) is 5.75 Å². The van der Waals surface area contributed by atoms with E-state index in [0.29, 0.717) is 23.9 Å². The van der Waals surface area contributed by atoms with Gasteiger partial charge in [-0.15, -0.1) is 0 Å². The first-order valence-corrected chi connectivity index (χ1v) is 9.90. The van der Waals surface area contributed by atoms with Crippen molar-refractivity contribution in [1.82, 2.24) is 5.43 Å². The molecule has 138 valence electrons. The number of carbonyl (C=O) groups is 1. The Hall–Kier alpha value is -1.56. The average molecular weight is 580 g/mol. The van der Waals surface area contributed by atoms with Gasteiger partial charge in [0.05, 0.1) is 23.5 Å². The highest BCUT2D eigenvalue weighted by Gasteiger charge is 2.09. The summed E-state index contributed by atoms with van der Waals surface area (Å²) in [7, 11) is 1.60. The third kappa shape index (κ3) is 6.01. The van der Waals surface area contributed by atoms with E-state index in [1.165, 1.54) is 0 Å². The summed E-state index contributed by atoms with van der Waals surface area (Å²) >= 11 is 4.41. The number of halogens is 2. The quantitative estimate of drug-likeness (QED) is 0.293. The number of benzene rings is 2. The summed E-state index contributed by atoms with van der Waals surface area (Å²) in [4.78, 5) is 11.9. The molecule has 0 heterocycles. The summed E-state index contributed by atoms with van der Waals surface area (Å²) in [6, 6.07) is 11.1. The predicted octanol–water partition coefficient (Wildman–Crippen LogP) is 3.83. The van der Waals surface area contributed by atoms with Crippen LogP contribution in [0.15, 0.2) is 41.5 Å². The topological polar surface area (TPSA) is 69.2 Å². The van der Waals surface area contributed by atoms with Crippen molar-refractivity contribution < 1.29 is 19.0 Å². The summed E-state index contributed by atoms with van der Waals surface area (Å²) < 4.78 is 18.4. The van der Waals surface area contributed by atoms with Crippen molar-refractivity contribution in [3.8, 4) is 17.2 Å². The van der Waals surface area contributed by atoms with Gasteiger partial charge >= 0.3 is 0 Å². The molecule has 0 aliphatic rings. The van der Waals surface area contributed by atoms with E-state index in [2.05, 4.69) is 55.7 Å². The van der Waals surface area contributed by atoms with Crippen LogP contribution in [0.3, 0.4) is 0 Å². The van der Waals surface area contributed by atoms with E-state index in [1.54, 1.807) is 25.5 Å². The lowest BCUT2D eigenvalue weighted by molar-refractivity contribution is -0.123. The molecule has 1 N–H and O–H groups in total. The smallest absolute Gasteiger partial charge is 0.277 e. The standard InChI is InChI=1S/C18H18I2N2O4/c1-3-25-15-6-4-5-7-16(15)26-11-17(23)22-21-10-12-8-13(19)9-14(20)18(12)24-2/h4-10H,3,11H2,1-2H3,(H,22,23). The number of hydrogen-bond acceptors (Lipinski definition) is 5. The van der Waals surface area contributed by atoms with Gasteiger partial charge in [0.2, 0.25) is 0 Å². The van der Waals surface area contributed by atoms with Crippen LogP contribution in [0.4, 0.5) is 0 Å². The van der Waals surface area contributed by atoms with Crippen molar-refractivity contribution >= 4 is 57.3 Å². The second kappa shape index (κ2) is 10.6. The van der Waals surface area contributed by atoms with Crippen LogP contribution in [0.25, 0.3) is 0 Å². The first-order chi connectivity index (χ1) is 12.5. The number of nitrogens with one attached hydrogen (secondary N) is 1. The number of amides is 1. The fourth-order valence-electron chi connectivity index (χ4n) is 2.09. The molecule has 0 aliphatic carbocycles. The molecule has 2 aromatic rings. The molecule has 0 aliphatic heterocycles. The highest BCUT2D eigenvalue weighted by Crippen LogP contribution is 2.27. The lowest BCUT2D eigenvalue weighted by atomic mass is 10.2. The van der Waals surface area contributed by atoms with E-state index in [0.717, 1.165) is 12.7 Å². The fourth-order valence-corrected chi connectivity index (χ4v) is 4.19. The van der Waals surface area contributed by atoms with Crippen LogP contribution in [-0.2, 0) is 4.79 Å². The second-order valence-corrected chi connectivity index (χ2v) is 7.38. The highest BCUT2D eigenvalue weighted by atomic mass is 127. The number of carbonyl (C=O) groups excluding carboxylic acids is 1. The number of hydrazone groups is 1. The molecule has 8 heteroatoms. The molecular weight excluding hydrogens is 562 g/mol. The number of methoxy groups -OCH3 is 1. The Morgan fingerprint density at radius 1 is 1.19 bits per heavy atom. The first kappa shape index (κ1) is 20.7. The van der Waals surface area contributed by atoms with E-state index in [-0.39, 0.29) is 12.5 Å². The van der Waals surface area contributed by atoms with Crippen molar-refractivity contribution in [3.05, 3.63) is 49.1 Å². The molecule has 0 radical (unpaired) electrons. The molecular formula is C18H18I2N2O4. The number of rotatable bonds is 8. The predicted molar refractivity (Wildman–Crippen MR) is 117 cm³/mol. The molecule has 0 spiro atoms. The van der Waals surface area contributed by atoms with Gasteiger partial charge < -0.3 is 14.2 Å². The van der Waals surface area contributed by atoms with Crippen molar-refractivity contribution in [2.24, 2.45) is 5.10 Å². The minimum atomic E-state index is -0.369. The molecule has 2 rings (SSSR count). The normalized spacial score (nSPS) is 10.6. The van der Waals surface area contributed by atoms with Crippen molar-refractivity contribution in [2.75, 3.05) is 20.3 Å². The molecule has 1 amide bonds. The van der Waals surface area contributed by atoms with Gasteiger partial charge in [-0.1, -0.05) is 12.1 Å². The zero-order chi connectivity index (χ0) is 18.9. The Kier molecular flexibility index (Phi) is 8.42. The summed E-state index contributed by atoms with van der Waals surface area (Å²) in [5, 5.41) is 3.98. The lowest BCUT2D eigenvalue weighted by Gasteiger charge is -2.10. The van der Waals surface area contributed by atoms with E-state index >= 15 is 0 Å². The second-order valence-electron chi connectivity index (χ2n) is 4.97. The largest absolute Gasteiger partial charge is 0.495 e. The van der Waals surface area contributed by atoms with Gasteiger partial charge in [0.25, 0.3) is 5.91 Å². The molecule has 0 unspecified atom stereocenters. The Bertz CT molecular complexity index is 797. The molecule has 0 bridgehead atoms. The van der Waals surface area contributed by atoms with Crippen LogP contribution in [0.2, 0.25) is 0 Å². The number of ether oxygens (including phenoxy) is 3. The lowest BCUT2D eigenvalue weighted by Crippen LogP contribution is -2.24. The number of hydrogen-bond donors (Lipinski definition) is 1. The third-order valence-corrected chi connectivity index (χ3v) is 4.57. The maximum absolute atomic E-state index is 11.9. The zero-order valence-electron chi connectivity index (χ0n) is 14.3. The van der Waals surface area contributed by atoms with Gasteiger partial charge in [-0.25, -0.2) is 5.43 Å². The molecule has 26 heavy (non-hydrogen) atoms. The van der Waals surface area contributed by atoms with Crippen molar-refractivity contribution in [2.45, 2.75) is 6.92 Å².